The number of rotatable bonds is 5. The van der Waals surface area contributed by atoms with E-state index in [1.54, 1.807) is 36.5 Å². The number of benzene rings is 1. The Morgan fingerprint density at radius 3 is 2.81 bits per heavy atom. The van der Waals surface area contributed by atoms with Crippen molar-refractivity contribution in [1.29, 1.82) is 0 Å². The van der Waals surface area contributed by atoms with Gasteiger partial charge in [-0.1, -0.05) is 17.7 Å². The molecule has 1 aromatic heterocycles. The van der Waals surface area contributed by atoms with Gasteiger partial charge in [0.1, 0.15) is 17.5 Å². The first kappa shape index (κ1) is 15.3. The van der Waals surface area contributed by atoms with Crippen LogP contribution in [0.25, 0.3) is 0 Å². The molecular formula is C16H16ClNO3. The van der Waals surface area contributed by atoms with E-state index in [9.17, 15) is 4.79 Å². The van der Waals surface area contributed by atoms with E-state index in [1.165, 1.54) is 0 Å². The lowest BCUT2D eigenvalue weighted by atomic mass is 10.1. The predicted octanol–water partition coefficient (Wildman–Crippen LogP) is 3.80. The number of pyridine rings is 1. The lowest BCUT2D eigenvalue weighted by Gasteiger charge is -2.09. The molecule has 0 amide bonds. The number of ether oxygens (including phenoxy) is 2. The summed E-state index contributed by atoms with van der Waals surface area (Å²) in [7, 11) is 0. The van der Waals surface area contributed by atoms with Gasteiger partial charge in [-0.05, 0) is 43.7 Å². The second-order valence-corrected chi connectivity index (χ2v) is 4.80. The molecule has 5 heteroatoms. The molecule has 21 heavy (non-hydrogen) atoms. The van der Waals surface area contributed by atoms with Crippen molar-refractivity contribution < 1.29 is 14.3 Å². The number of carbonyl (C=O) groups excluding carboxylic acids is 1. The molecule has 0 N–H and O–H groups in total. The molecule has 1 heterocycles. The van der Waals surface area contributed by atoms with Gasteiger partial charge in [0.2, 0.25) is 0 Å². The van der Waals surface area contributed by atoms with E-state index >= 15 is 0 Å². The van der Waals surface area contributed by atoms with E-state index in [1.807, 2.05) is 13.8 Å². The van der Waals surface area contributed by atoms with Crippen LogP contribution < -0.4 is 4.74 Å². The molecule has 110 valence electrons. The summed E-state index contributed by atoms with van der Waals surface area (Å²) in [5.41, 5.74) is 2.05. The molecule has 4 nitrogen and oxygen atoms in total. The Morgan fingerprint density at radius 1 is 1.33 bits per heavy atom. The van der Waals surface area contributed by atoms with Crippen LogP contribution in [0.3, 0.4) is 0 Å². The number of nitrogens with zero attached hydrogens (tertiary/aromatic N) is 1. The summed E-state index contributed by atoms with van der Waals surface area (Å²) >= 11 is 5.92. The summed E-state index contributed by atoms with van der Waals surface area (Å²) in [4.78, 5) is 16.0. The molecule has 0 bridgehead atoms. The first-order valence-corrected chi connectivity index (χ1v) is 6.99. The minimum absolute atomic E-state index is 0.0950. The van der Waals surface area contributed by atoms with E-state index in [-0.39, 0.29) is 6.61 Å². The Balaban J connectivity index is 2.04. The maximum atomic E-state index is 12.0. The minimum atomic E-state index is -0.402. The van der Waals surface area contributed by atoms with Gasteiger partial charge in [0.05, 0.1) is 12.2 Å². The van der Waals surface area contributed by atoms with Crippen molar-refractivity contribution >= 4 is 17.6 Å². The molecule has 0 aliphatic carbocycles. The summed E-state index contributed by atoms with van der Waals surface area (Å²) in [5, 5.41) is 0.341. The highest BCUT2D eigenvalue weighted by Gasteiger charge is 2.11. The van der Waals surface area contributed by atoms with E-state index in [0.717, 1.165) is 11.3 Å². The summed E-state index contributed by atoms with van der Waals surface area (Å²) in [6.45, 7) is 4.49. The Morgan fingerprint density at radius 2 is 2.14 bits per heavy atom. The summed E-state index contributed by atoms with van der Waals surface area (Å²) < 4.78 is 10.7. The number of hydrogen-bond donors (Lipinski definition) is 0. The molecule has 0 saturated heterocycles. The highest BCUT2D eigenvalue weighted by atomic mass is 35.5. The average Bonchev–Trinajstić information content (AvgIpc) is 2.48. The van der Waals surface area contributed by atoms with E-state index in [0.29, 0.717) is 22.9 Å². The molecule has 0 aliphatic heterocycles. The van der Waals surface area contributed by atoms with Crippen molar-refractivity contribution in [3.63, 3.8) is 0 Å². The number of aromatic nitrogens is 1. The summed E-state index contributed by atoms with van der Waals surface area (Å²) in [6.07, 6.45) is 1.59. The van der Waals surface area contributed by atoms with Gasteiger partial charge in [-0.25, -0.2) is 9.78 Å². The zero-order chi connectivity index (χ0) is 15.2. The first-order chi connectivity index (χ1) is 10.1. The van der Waals surface area contributed by atoms with Crippen LogP contribution in [0, 0.1) is 6.92 Å². The van der Waals surface area contributed by atoms with Gasteiger partial charge in [-0.3, -0.25) is 0 Å². The Kier molecular flexibility index (Phi) is 5.17. The van der Waals surface area contributed by atoms with Crippen LogP contribution in [-0.2, 0) is 11.3 Å². The second-order valence-electron chi connectivity index (χ2n) is 4.44. The van der Waals surface area contributed by atoms with Crippen molar-refractivity contribution in [2.24, 2.45) is 0 Å². The van der Waals surface area contributed by atoms with Crippen LogP contribution >= 0.6 is 11.6 Å². The van der Waals surface area contributed by atoms with Crippen molar-refractivity contribution in [3.8, 4) is 5.75 Å². The monoisotopic (exact) mass is 305 g/mol. The van der Waals surface area contributed by atoms with Crippen LogP contribution in [0.15, 0.2) is 36.5 Å². The Labute approximate surface area is 128 Å². The fourth-order valence-corrected chi connectivity index (χ4v) is 2.02. The van der Waals surface area contributed by atoms with Crippen molar-refractivity contribution in [1.82, 2.24) is 4.98 Å². The first-order valence-electron chi connectivity index (χ1n) is 6.61. The molecular weight excluding hydrogens is 290 g/mol. The zero-order valence-electron chi connectivity index (χ0n) is 11.9. The molecule has 2 aromatic rings. The fraction of sp³-hybridized carbons (Fsp3) is 0.250. The molecule has 0 atom stereocenters. The van der Waals surface area contributed by atoms with Crippen LogP contribution in [0.4, 0.5) is 0 Å². The highest BCUT2D eigenvalue weighted by molar-refractivity contribution is 6.30. The fourth-order valence-electron chi connectivity index (χ4n) is 1.85. The summed E-state index contributed by atoms with van der Waals surface area (Å²) in [5.74, 6) is 0.366. The molecule has 2 rings (SSSR count). The van der Waals surface area contributed by atoms with Gasteiger partial charge in [-0.2, -0.15) is 0 Å². The van der Waals surface area contributed by atoms with Crippen LogP contribution in [0.5, 0.6) is 5.75 Å². The van der Waals surface area contributed by atoms with Crippen molar-refractivity contribution in [2.45, 2.75) is 20.5 Å². The number of aryl methyl sites for hydroxylation is 1. The highest BCUT2D eigenvalue weighted by Crippen LogP contribution is 2.20. The molecule has 0 spiro atoms. The van der Waals surface area contributed by atoms with Gasteiger partial charge in [0.25, 0.3) is 0 Å². The Bertz CT molecular complexity index is 643. The predicted molar refractivity (Wildman–Crippen MR) is 80.7 cm³/mol. The lowest BCUT2D eigenvalue weighted by Crippen LogP contribution is -2.06. The van der Waals surface area contributed by atoms with Gasteiger partial charge in [0.15, 0.2) is 0 Å². The van der Waals surface area contributed by atoms with E-state index < -0.39 is 5.97 Å². The Hall–Kier alpha value is -2.07. The molecule has 1 aromatic carbocycles. The quantitative estimate of drug-likeness (QED) is 0.623. The minimum Gasteiger partial charge on any atom is -0.494 e. The smallest absolute Gasteiger partial charge is 0.338 e. The normalized spacial score (nSPS) is 10.2. The van der Waals surface area contributed by atoms with Gasteiger partial charge >= 0.3 is 5.97 Å². The van der Waals surface area contributed by atoms with E-state index in [4.69, 9.17) is 21.1 Å². The second kappa shape index (κ2) is 7.09. The lowest BCUT2D eigenvalue weighted by molar-refractivity contribution is 0.0472. The number of halogens is 1. The average molecular weight is 306 g/mol. The number of hydrogen-bond acceptors (Lipinski definition) is 4. The van der Waals surface area contributed by atoms with E-state index in [2.05, 4.69) is 4.98 Å². The largest absolute Gasteiger partial charge is 0.494 e. The maximum absolute atomic E-state index is 12.0. The molecule has 0 aliphatic rings. The third-order valence-electron chi connectivity index (χ3n) is 2.91. The number of carbonyl (C=O) groups is 1. The van der Waals surface area contributed by atoms with Crippen LogP contribution in [-0.4, -0.2) is 17.6 Å². The topological polar surface area (TPSA) is 48.4 Å². The van der Waals surface area contributed by atoms with Crippen molar-refractivity contribution in [2.75, 3.05) is 6.61 Å². The molecule has 0 fully saturated rings. The van der Waals surface area contributed by atoms with Gasteiger partial charge in [0, 0.05) is 11.8 Å². The third-order valence-corrected chi connectivity index (χ3v) is 3.25. The van der Waals surface area contributed by atoms with Gasteiger partial charge < -0.3 is 9.47 Å². The van der Waals surface area contributed by atoms with Crippen molar-refractivity contribution in [3.05, 3.63) is 58.4 Å². The SMILES string of the molecule is CCOc1ccc(C(=O)OCc2cccnc2Cl)cc1C. The molecule has 0 radical (unpaired) electrons. The molecule has 0 saturated carbocycles. The van der Waals surface area contributed by atoms with Gasteiger partial charge in [-0.15, -0.1) is 0 Å². The standard InChI is InChI=1S/C16H16ClNO3/c1-3-20-14-7-6-12(9-11(14)2)16(19)21-10-13-5-4-8-18-15(13)17/h4-9H,3,10H2,1-2H3. The van der Waals surface area contributed by atoms with Crippen LogP contribution in [0.1, 0.15) is 28.4 Å². The summed E-state index contributed by atoms with van der Waals surface area (Å²) in [6, 6.07) is 8.72. The van der Waals surface area contributed by atoms with Crippen LogP contribution in [0.2, 0.25) is 5.15 Å². The maximum Gasteiger partial charge on any atom is 0.338 e. The number of esters is 1. The molecule has 0 unspecified atom stereocenters. The third kappa shape index (κ3) is 3.95. The zero-order valence-corrected chi connectivity index (χ0v) is 12.7.